The number of hydrogen-bond donors (Lipinski definition) is 2. The summed E-state index contributed by atoms with van der Waals surface area (Å²) >= 11 is 3.36. The number of rotatable bonds is 5. The standard InChI is InChI=1S/C27H24BrFN6O2/c28-18-7-10-22-21(15-18)25(36)35(37)27(32-22)33-13-11-20(12-14-33)30-26-31-23-3-1-2-4-24(23)34(26)16-17-5-8-19(29)9-6-17/h1-10,15,20,37H,11-14,16H2,(H,30,31). The first-order valence-electron chi connectivity index (χ1n) is 12.1. The number of benzene rings is 3. The van der Waals surface area contributed by atoms with E-state index in [2.05, 4.69) is 30.8 Å². The summed E-state index contributed by atoms with van der Waals surface area (Å²) in [7, 11) is 0. The van der Waals surface area contributed by atoms with E-state index in [9.17, 15) is 14.4 Å². The van der Waals surface area contributed by atoms with E-state index in [0.29, 0.717) is 35.3 Å². The maximum atomic E-state index is 13.4. The lowest BCUT2D eigenvalue weighted by Gasteiger charge is -2.33. The number of piperidine rings is 1. The van der Waals surface area contributed by atoms with Gasteiger partial charge in [-0.2, -0.15) is 0 Å². The first kappa shape index (κ1) is 23.5. The van der Waals surface area contributed by atoms with Gasteiger partial charge in [-0.3, -0.25) is 4.79 Å². The molecule has 1 fully saturated rings. The van der Waals surface area contributed by atoms with Crippen molar-refractivity contribution in [2.24, 2.45) is 0 Å². The predicted molar refractivity (Wildman–Crippen MR) is 145 cm³/mol. The van der Waals surface area contributed by atoms with Crippen LogP contribution in [-0.4, -0.2) is 43.6 Å². The van der Waals surface area contributed by atoms with Gasteiger partial charge in [0.05, 0.1) is 28.5 Å². The summed E-state index contributed by atoms with van der Waals surface area (Å²) < 4.78 is 16.9. The van der Waals surface area contributed by atoms with E-state index in [4.69, 9.17) is 4.98 Å². The van der Waals surface area contributed by atoms with Crippen LogP contribution in [0.1, 0.15) is 18.4 Å². The number of hydrogen-bond acceptors (Lipinski definition) is 6. The number of imidazole rings is 1. The predicted octanol–water partition coefficient (Wildman–Crippen LogP) is 5.01. The van der Waals surface area contributed by atoms with Crippen LogP contribution >= 0.6 is 15.9 Å². The van der Waals surface area contributed by atoms with Gasteiger partial charge in [0.15, 0.2) is 0 Å². The largest absolute Gasteiger partial charge is 0.422 e. The van der Waals surface area contributed by atoms with Crippen LogP contribution in [0.25, 0.3) is 21.9 Å². The third kappa shape index (κ3) is 4.53. The lowest BCUT2D eigenvalue weighted by atomic mass is 10.1. The second kappa shape index (κ2) is 9.51. The fourth-order valence-electron chi connectivity index (χ4n) is 4.87. The highest BCUT2D eigenvalue weighted by atomic mass is 79.9. The van der Waals surface area contributed by atoms with Gasteiger partial charge in [0, 0.05) is 23.6 Å². The minimum absolute atomic E-state index is 0.148. The molecule has 3 aromatic carbocycles. The van der Waals surface area contributed by atoms with Crippen molar-refractivity contribution in [2.75, 3.05) is 23.3 Å². The first-order valence-corrected chi connectivity index (χ1v) is 12.9. The number of halogens is 2. The van der Waals surface area contributed by atoms with E-state index in [-0.39, 0.29) is 17.8 Å². The average Bonchev–Trinajstić information content (AvgIpc) is 3.25. The Morgan fingerprint density at radius 1 is 1.00 bits per heavy atom. The van der Waals surface area contributed by atoms with Crippen molar-refractivity contribution in [1.29, 1.82) is 0 Å². The number of para-hydroxylation sites is 2. The molecule has 0 aliphatic carbocycles. The monoisotopic (exact) mass is 562 g/mol. The molecular weight excluding hydrogens is 539 g/mol. The molecule has 37 heavy (non-hydrogen) atoms. The molecule has 0 saturated carbocycles. The van der Waals surface area contributed by atoms with Gasteiger partial charge in [0.25, 0.3) is 5.56 Å². The van der Waals surface area contributed by atoms with Crippen LogP contribution in [0.4, 0.5) is 16.3 Å². The van der Waals surface area contributed by atoms with Crippen molar-refractivity contribution in [3.05, 3.63) is 92.9 Å². The highest BCUT2D eigenvalue weighted by molar-refractivity contribution is 9.10. The molecule has 1 aliphatic rings. The maximum Gasteiger partial charge on any atom is 0.295 e. The van der Waals surface area contributed by atoms with E-state index in [0.717, 1.165) is 39.9 Å². The zero-order valence-electron chi connectivity index (χ0n) is 19.8. The SMILES string of the molecule is O=c1c2cc(Br)ccc2nc(N2CCC(Nc3nc4ccccc4n3Cc3ccc(F)cc3)CC2)n1O. The smallest absolute Gasteiger partial charge is 0.295 e. The Labute approximate surface area is 220 Å². The molecule has 0 unspecified atom stereocenters. The summed E-state index contributed by atoms with van der Waals surface area (Å²) in [5.74, 6) is 0.755. The summed E-state index contributed by atoms with van der Waals surface area (Å²) in [6.45, 7) is 1.80. The first-order chi connectivity index (χ1) is 18.0. The van der Waals surface area contributed by atoms with Crippen LogP contribution in [0.2, 0.25) is 0 Å². The normalized spacial score (nSPS) is 14.5. The van der Waals surface area contributed by atoms with Crippen molar-refractivity contribution in [3.63, 3.8) is 0 Å². The molecule has 0 bridgehead atoms. The zero-order valence-corrected chi connectivity index (χ0v) is 21.4. The Morgan fingerprint density at radius 2 is 1.76 bits per heavy atom. The molecule has 5 aromatic rings. The number of nitrogens with one attached hydrogen (secondary N) is 1. The molecule has 2 N–H and O–H groups in total. The molecule has 3 heterocycles. The average molecular weight is 563 g/mol. The molecule has 8 nitrogen and oxygen atoms in total. The molecular formula is C27H24BrFN6O2. The van der Waals surface area contributed by atoms with Gasteiger partial charge in [-0.25, -0.2) is 14.4 Å². The van der Waals surface area contributed by atoms with Crippen molar-refractivity contribution < 1.29 is 9.60 Å². The number of anilines is 2. The van der Waals surface area contributed by atoms with Crippen molar-refractivity contribution in [3.8, 4) is 0 Å². The minimum atomic E-state index is -0.490. The number of nitrogens with zero attached hydrogens (tertiary/aromatic N) is 5. The molecule has 6 rings (SSSR count). The lowest BCUT2D eigenvalue weighted by Crippen LogP contribution is -2.42. The molecule has 1 aliphatic heterocycles. The molecule has 188 valence electrons. The highest BCUT2D eigenvalue weighted by Crippen LogP contribution is 2.26. The molecule has 1 saturated heterocycles. The van der Waals surface area contributed by atoms with Gasteiger partial charge in [0.1, 0.15) is 5.82 Å². The van der Waals surface area contributed by atoms with Gasteiger partial charge in [-0.15, -0.1) is 4.73 Å². The molecule has 10 heteroatoms. The Kier molecular flexibility index (Phi) is 6.03. The molecule has 0 spiro atoms. The Balaban J connectivity index is 1.22. The fraction of sp³-hybridized carbons (Fsp3) is 0.222. The molecule has 0 radical (unpaired) electrons. The van der Waals surface area contributed by atoms with Crippen LogP contribution in [0, 0.1) is 5.82 Å². The third-order valence-electron chi connectivity index (χ3n) is 6.81. The summed E-state index contributed by atoms with van der Waals surface area (Å²) in [6, 6.07) is 19.9. The van der Waals surface area contributed by atoms with Crippen molar-refractivity contribution in [2.45, 2.75) is 25.4 Å². The Bertz CT molecular complexity index is 1660. The van der Waals surface area contributed by atoms with E-state index < -0.39 is 5.56 Å². The maximum absolute atomic E-state index is 13.4. The molecule has 0 amide bonds. The van der Waals surface area contributed by atoms with Crippen molar-refractivity contribution >= 4 is 49.8 Å². The second-order valence-electron chi connectivity index (χ2n) is 9.23. The number of aromatic nitrogens is 4. The lowest BCUT2D eigenvalue weighted by molar-refractivity contribution is 0.175. The zero-order chi connectivity index (χ0) is 25.5. The van der Waals surface area contributed by atoms with Crippen LogP contribution in [0.15, 0.2) is 76.0 Å². The topological polar surface area (TPSA) is 88.2 Å². The van der Waals surface area contributed by atoms with Crippen LogP contribution < -0.4 is 15.8 Å². The van der Waals surface area contributed by atoms with Gasteiger partial charge in [0.2, 0.25) is 11.9 Å². The van der Waals surface area contributed by atoms with Gasteiger partial charge in [-0.1, -0.05) is 40.2 Å². The summed E-state index contributed by atoms with van der Waals surface area (Å²) in [4.78, 5) is 24.0. The highest BCUT2D eigenvalue weighted by Gasteiger charge is 2.25. The minimum Gasteiger partial charge on any atom is -0.422 e. The summed E-state index contributed by atoms with van der Waals surface area (Å²) in [6.07, 6.45) is 1.54. The van der Waals surface area contributed by atoms with Crippen LogP contribution in [0.3, 0.4) is 0 Å². The Morgan fingerprint density at radius 3 is 2.54 bits per heavy atom. The van der Waals surface area contributed by atoms with E-state index in [1.54, 1.807) is 24.3 Å². The van der Waals surface area contributed by atoms with Gasteiger partial charge >= 0.3 is 0 Å². The molecule has 0 atom stereocenters. The molecule has 2 aromatic heterocycles. The summed E-state index contributed by atoms with van der Waals surface area (Å²) in [5, 5.41) is 14.5. The second-order valence-corrected chi connectivity index (χ2v) is 10.1. The van der Waals surface area contributed by atoms with Crippen LogP contribution in [-0.2, 0) is 6.54 Å². The van der Waals surface area contributed by atoms with E-state index in [1.807, 2.05) is 35.2 Å². The van der Waals surface area contributed by atoms with Crippen molar-refractivity contribution in [1.82, 2.24) is 19.3 Å². The fourth-order valence-corrected chi connectivity index (χ4v) is 5.23. The van der Waals surface area contributed by atoms with Gasteiger partial charge < -0.3 is 20.0 Å². The quantitative estimate of drug-likeness (QED) is 0.292. The van der Waals surface area contributed by atoms with E-state index in [1.165, 1.54) is 12.1 Å². The summed E-state index contributed by atoms with van der Waals surface area (Å²) in [5.41, 5.74) is 2.93. The van der Waals surface area contributed by atoms with Gasteiger partial charge in [-0.05, 0) is 60.9 Å². The third-order valence-corrected chi connectivity index (χ3v) is 7.30. The van der Waals surface area contributed by atoms with E-state index >= 15 is 0 Å². The Hall–Kier alpha value is -3.92. The number of fused-ring (bicyclic) bond motifs is 2. The van der Waals surface area contributed by atoms with Crippen LogP contribution in [0.5, 0.6) is 0 Å².